The minimum absolute atomic E-state index is 0.0166. The van der Waals surface area contributed by atoms with Gasteiger partial charge in [0.15, 0.2) is 5.69 Å². The maximum atomic E-state index is 10.6. The molecule has 0 aliphatic carbocycles. The summed E-state index contributed by atoms with van der Waals surface area (Å²) in [5.41, 5.74) is -0.0166. The molecule has 0 amide bonds. The summed E-state index contributed by atoms with van der Waals surface area (Å²) >= 11 is 0. The third-order valence-electron chi connectivity index (χ3n) is 2.61. The van der Waals surface area contributed by atoms with E-state index in [1.807, 2.05) is 0 Å². The van der Waals surface area contributed by atoms with Gasteiger partial charge in [-0.3, -0.25) is 0 Å². The summed E-state index contributed by atoms with van der Waals surface area (Å²) in [6.45, 7) is 1.56. The zero-order valence-corrected chi connectivity index (χ0v) is 8.31. The molecule has 5 heteroatoms. The van der Waals surface area contributed by atoms with E-state index in [4.69, 9.17) is 14.4 Å². The smallest absolute Gasteiger partial charge is 0.358 e. The fourth-order valence-electron chi connectivity index (χ4n) is 1.75. The van der Waals surface area contributed by atoms with Crippen LogP contribution < -0.4 is 0 Å². The summed E-state index contributed by atoms with van der Waals surface area (Å²) in [5, 5.41) is 12.1. The van der Waals surface area contributed by atoms with E-state index in [0.29, 0.717) is 11.7 Å². The normalized spacial score (nSPS) is 17.9. The summed E-state index contributed by atoms with van der Waals surface area (Å²) < 4.78 is 10.2. The third kappa shape index (κ3) is 2.56. The first-order valence-electron chi connectivity index (χ1n) is 5.02. The molecule has 2 heterocycles. The first kappa shape index (κ1) is 10.2. The quantitative estimate of drug-likeness (QED) is 0.816. The number of rotatable bonds is 3. The average Bonchev–Trinajstić information content (AvgIpc) is 2.68. The van der Waals surface area contributed by atoms with Crippen LogP contribution in [-0.2, 0) is 11.2 Å². The molecule has 1 aromatic heterocycles. The van der Waals surface area contributed by atoms with Crippen LogP contribution in [0.2, 0.25) is 0 Å². The largest absolute Gasteiger partial charge is 0.476 e. The number of carbonyl (C=O) groups is 1. The Bertz CT molecular complexity index is 341. The van der Waals surface area contributed by atoms with Crippen molar-refractivity contribution in [1.29, 1.82) is 0 Å². The second kappa shape index (κ2) is 4.44. The molecule has 1 aromatic rings. The van der Waals surface area contributed by atoms with Crippen molar-refractivity contribution in [2.75, 3.05) is 13.2 Å². The first-order valence-corrected chi connectivity index (χ1v) is 5.02. The van der Waals surface area contributed by atoms with E-state index in [1.165, 1.54) is 6.07 Å². The van der Waals surface area contributed by atoms with Crippen molar-refractivity contribution in [3.63, 3.8) is 0 Å². The highest BCUT2D eigenvalue weighted by atomic mass is 16.5. The molecule has 1 saturated heterocycles. The first-order chi connectivity index (χ1) is 7.25. The predicted octanol–water partition coefficient (Wildman–Crippen LogP) is 1.34. The third-order valence-corrected chi connectivity index (χ3v) is 2.61. The van der Waals surface area contributed by atoms with Crippen LogP contribution in [0.5, 0.6) is 0 Å². The predicted molar refractivity (Wildman–Crippen MR) is 50.7 cm³/mol. The van der Waals surface area contributed by atoms with Crippen LogP contribution in [0.25, 0.3) is 0 Å². The van der Waals surface area contributed by atoms with Crippen molar-refractivity contribution in [1.82, 2.24) is 5.16 Å². The van der Waals surface area contributed by atoms with Gasteiger partial charge in [-0.25, -0.2) is 4.79 Å². The fourth-order valence-corrected chi connectivity index (χ4v) is 1.75. The minimum Gasteiger partial charge on any atom is -0.476 e. The molecule has 82 valence electrons. The molecule has 15 heavy (non-hydrogen) atoms. The van der Waals surface area contributed by atoms with Crippen LogP contribution in [0.4, 0.5) is 0 Å². The molecule has 0 bridgehead atoms. The van der Waals surface area contributed by atoms with Gasteiger partial charge in [0.1, 0.15) is 5.76 Å². The summed E-state index contributed by atoms with van der Waals surface area (Å²) in [6, 6.07) is 1.50. The van der Waals surface area contributed by atoms with Gasteiger partial charge in [0.05, 0.1) is 0 Å². The zero-order valence-electron chi connectivity index (χ0n) is 8.31. The second-order valence-electron chi connectivity index (χ2n) is 3.74. The number of nitrogens with zero attached hydrogens (tertiary/aromatic N) is 1. The molecule has 2 rings (SSSR count). The van der Waals surface area contributed by atoms with E-state index in [1.54, 1.807) is 0 Å². The lowest BCUT2D eigenvalue weighted by molar-refractivity contribution is 0.0645. The van der Waals surface area contributed by atoms with Crippen molar-refractivity contribution < 1.29 is 19.2 Å². The second-order valence-corrected chi connectivity index (χ2v) is 3.74. The Hall–Kier alpha value is -1.36. The van der Waals surface area contributed by atoms with Crippen molar-refractivity contribution >= 4 is 5.97 Å². The Morgan fingerprint density at radius 3 is 2.87 bits per heavy atom. The number of ether oxygens (including phenoxy) is 1. The Balaban J connectivity index is 1.94. The Kier molecular flexibility index (Phi) is 3.01. The van der Waals surface area contributed by atoms with E-state index in [-0.39, 0.29) is 5.69 Å². The van der Waals surface area contributed by atoms with Crippen molar-refractivity contribution in [3.8, 4) is 0 Å². The Labute approximate surface area is 87.0 Å². The van der Waals surface area contributed by atoms with Crippen molar-refractivity contribution in [2.45, 2.75) is 19.3 Å². The molecular formula is C10H13NO4. The van der Waals surface area contributed by atoms with Crippen LogP contribution in [0.3, 0.4) is 0 Å². The van der Waals surface area contributed by atoms with Gasteiger partial charge in [-0.1, -0.05) is 5.16 Å². The molecule has 0 aromatic carbocycles. The van der Waals surface area contributed by atoms with Gasteiger partial charge in [0.2, 0.25) is 0 Å². The highest BCUT2D eigenvalue weighted by Crippen LogP contribution is 2.20. The van der Waals surface area contributed by atoms with Gasteiger partial charge < -0.3 is 14.4 Å². The lowest BCUT2D eigenvalue weighted by Crippen LogP contribution is -2.17. The van der Waals surface area contributed by atoms with Gasteiger partial charge in [0.25, 0.3) is 0 Å². The molecule has 1 fully saturated rings. The summed E-state index contributed by atoms with van der Waals surface area (Å²) in [5.74, 6) is 0.129. The van der Waals surface area contributed by atoms with E-state index < -0.39 is 5.97 Å². The summed E-state index contributed by atoms with van der Waals surface area (Å²) in [4.78, 5) is 10.6. The van der Waals surface area contributed by atoms with Gasteiger partial charge >= 0.3 is 5.97 Å². The zero-order chi connectivity index (χ0) is 10.7. The lowest BCUT2D eigenvalue weighted by Gasteiger charge is -2.20. The molecule has 0 saturated carbocycles. The van der Waals surface area contributed by atoms with Crippen LogP contribution >= 0.6 is 0 Å². The fraction of sp³-hybridized carbons (Fsp3) is 0.600. The number of aromatic carboxylic acids is 1. The Morgan fingerprint density at radius 2 is 2.27 bits per heavy atom. The maximum absolute atomic E-state index is 10.6. The molecule has 5 nitrogen and oxygen atoms in total. The van der Waals surface area contributed by atoms with Gasteiger partial charge in [-0.05, 0) is 18.8 Å². The number of hydrogen-bond acceptors (Lipinski definition) is 4. The Morgan fingerprint density at radius 1 is 1.53 bits per heavy atom. The topological polar surface area (TPSA) is 72.6 Å². The van der Waals surface area contributed by atoms with Crippen LogP contribution in [0.15, 0.2) is 10.6 Å². The minimum atomic E-state index is -1.04. The van der Waals surface area contributed by atoms with Crippen LogP contribution in [0, 0.1) is 5.92 Å². The number of carboxylic acids is 1. The SMILES string of the molecule is O=C(O)c1cc(CC2CCOCC2)on1. The summed E-state index contributed by atoms with van der Waals surface area (Å²) in [6.07, 6.45) is 2.76. The number of hydrogen-bond donors (Lipinski definition) is 1. The molecule has 0 radical (unpaired) electrons. The van der Waals surface area contributed by atoms with E-state index in [2.05, 4.69) is 5.16 Å². The van der Waals surface area contributed by atoms with Crippen LogP contribution in [0.1, 0.15) is 29.1 Å². The molecule has 1 aliphatic heterocycles. The molecule has 1 aliphatic rings. The molecule has 0 spiro atoms. The van der Waals surface area contributed by atoms with Crippen LogP contribution in [-0.4, -0.2) is 29.4 Å². The monoisotopic (exact) mass is 211 g/mol. The van der Waals surface area contributed by atoms with Gasteiger partial charge in [-0.2, -0.15) is 0 Å². The molecule has 0 unspecified atom stereocenters. The molecule has 1 N–H and O–H groups in total. The average molecular weight is 211 g/mol. The molecular weight excluding hydrogens is 198 g/mol. The van der Waals surface area contributed by atoms with Crippen molar-refractivity contribution in [3.05, 3.63) is 17.5 Å². The highest BCUT2D eigenvalue weighted by molar-refractivity contribution is 5.85. The van der Waals surface area contributed by atoms with Gasteiger partial charge in [-0.15, -0.1) is 0 Å². The maximum Gasteiger partial charge on any atom is 0.358 e. The highest BCUT2D eigenvalue weighted by Gasteiger charge is 2.18. The molecule has 0 atom stereocenters. The van der Waals surface area contributed by atoms with E-state index in [0.717, 1.165) is 32.5 Å². The van der Waals surface area contributed by atoms with E-state index >= 15 is 0 Å². The standard InChI is InChI=1S/C10H13NO4/c12-10(13)9-6-8(15-11-9)5-7-1-3-14-4-2-7/h6-7H,1-5H2,(H,12,13). The van der Waals surface area contributed by atoms with Crippen molar-refractivity contribution in [2.24, 2.45) is 5.92 Å². The number of carboxylic acid groups (broad SMARTS) is 1. The lowest BCUT2D eigenvalue weighted by atomic mass is 9.95. The van der Waals surface area contributed by atoms with E-state index in [9.17, 15) is 4.79 Å². The summed E-state index contributed by atoms with van der Waals surface area (Å²) in [7, 11) is 0. The van der Waals surface area contributed by atoms with Gasteiger partial charge in [0, 0.05) is 25.7 Å². The number of aromatic nitrogens is 1.